The topological polar surface area (TPSA) is 94.0 Å². The van der Waals surface area contributed by atoms with E-state index in [0.717, 1.165) is 0 Å². The third kappa shape index (κ3) is 3.30. The minimum absolute atomic E-state index is 0.123. The van der Waals surface area contributed by atoms with Crippen LogP contribution in [0.5, 0.6) is 0 Å². The van der Waals surface area contributed by atoms with Crippen LogP contribution in [-0.2, 0) is 9.53 Å². The monoisotopic (exact) mass is 412 g/mol. The van der Waals surface area contributed by atoms with Crippen LogP contribution >= 0.6 is 11.6 Å². The molecule has 1 saturated heterocycles. The lowest BCUT2D eigenvalue weighted by atomic mass is 9.87. The molecule has 1 aliphatic rings. The van der Waals surface area contributed by atoms with E-state index in [1.165, 1.54) is 6.33 Å². The van der Waals surface area contributed by atoms with Gasteiger partial charge in [0.15, 0.2) is 29.4 Å². The Hall–Kier alpha value is -2.00. The van der Waals surface area contributed by atoms with Crippen LogP contribution in [0.2, 0.25) is 0 Å². The Morgan fingerprint density at radius 2 is 2.18 bits per heavy atom. The van der Waals surface area contributed by atoms with Crippen molar-refractivity contribution in [2.75, 3.05) is 23.6 Å². The van der Waals surface area contributed by atoms with Crippen LogP contribution in [-0.4, -0.2) is 50.1 Å². The number of nitrogens with zero attached hydrogens (tertiary/aromatic N) is 4. The van der Waals surface area contributed by atoms with Gasteiger partial charge in [-0.05, 0) is 6.42 Å². The van der Waals surface area contributed by atoms with E-state index in [-0.39, 0.29) is 29.6 Å². The van der Waals surface area contributed by atoms with Crippen molar-refractivity contribution in [1.29, 1.82) is 0 Å². The van der Waals surface area contributed by atoms with Crippen molar-refractivity contribution < 1.29 is 13.9 Å². The summed E-state index contributed by atoms with van der Waals surface area (Å²) in [5.74, 6) is -0.0795. The van der Waals surface area contributed by atoms with Gasteiger partial charge >= 0.3 is 0 Å². The zero-order valence-corrected chi connectivity index (χ0v) is 17.4. The summed E-state index contributed by atoms with van der Waals surface area (Å²) >= 11 is 6.13. The summed E-state index contributed by atoms with van der Waals surface area (Å²) in [6, 6.07) is 0. The second kappa shape index (κ2) is 7.79. The first-order chi connectivity index (χ1) is 13.3. The van der Waals surface area contributed by atoms with Crippen LogP contribution in [0.3, 0.4) is 0 Å². The summed E-state index contributed by atoms with van der Waals surface area (Å²) in [4.78, 5) is 25.1. The predicted molar refractivity (Wildman–Crippen MR) is 106 cm³/mol. The first kappa shape index (κ1) is 20.7. The van der Waals surface area contributed by atoms with Gasteiger partial charge in [-0.2, -0.15) is 9.97 Å². The number of aromatic nitrogens is 4. The van der Waals surface area contributed by atoms with Crippen molar-refractivity contribution in [2.24, 2.45) is 11.8 Å². The molecule has 1 amide bonds. The molecule has 154 valence electrons. The van der Waals surface area contributed by atoms with Crippen molar-refractivity contribution >= 4 is 40.4 Å². The van der Waals surface area contributed by atoms with Gasteiger partial charge < -0.3 is 10.1 Å². The molecule has 0 aliphatic carbocycles. The number of carbonyl (C=O) groups excluding carboxylic acids is 1. The second-order valence-electron chi connectivity index (χ2n) is 7.41. The standard InChI is InChI=1S/C18H26ClFN6O2/c1-6-18(7-19)10(4)11(20)16(28-18)26-8-22-12-13(21-5)23-17(24-14(12)26)25-15(27)9(2)3/h8-11,16H,6-7H2,1-5H3,(H2,21,23,24,25,27)/t10-,11+,16+,18-/m0/s1. The molecule has 0 saturated carbocycles. The van der Waals surface area contributed by atoms with Crippen LogP contribution in [0.1, 0.15) is 40.3 Å². The van der Waals surface area contributed by atoms with Gasteiger partial charge in [-0.3, -0.25) is 14.7 Å². The molecular weight excluding hydrogens is 387 g/mol. The van der Waals surface area contributed by atoms with Gasteiger partial charge in [-0.15, -0.1) is 11.6 Å². The Morgan fingerprint density at radius 1 is 1.46 bits per heavy atom. The first-order valence-electron chi connectivity index (χ1n) is 9.39. The maximum absolute atomic E-state index is 15.2. The van der Waals surface area contributed by atoms with Gasteiger partial charge in [0.25, 0.3) is 0 Å². The summed E-state index contributed by atoms with van der Waals surface area (Å²) in [6.07, 6.45) is -0.115. The Balaban J connectivity index is 2.06. The van der Waals surface area contributed by atoms with Gasteiger partial charge in [-0.1, -0.05) is 27.7 Å². The summed E-state index contributed by atoms with van der Waals surface area (Å²) in [7, 11) is 1.69. The number of halogens is 2. The van der Waals surface area contributed by atoms with Crippen molar-refractivity contribution in [1.82, 2.24) is 19.5 Å². The average Bonchev–Trinajstić information content (AvgIpc) is 3.21. The minimum Gasteiger partial charge on any atom is -0.371 e. The van der Waals surface area contributed by atoms with Gasteiger partial charge in [0.05, 0.1) is 17.8 Å². The molecule has 0 bridgehead atoms. The highest BCUT2D eigenvalue weighted by Gasteiger charge is 2.53. The van der Waals surface area contributed by atoms with E-state index in [0.29, 0.717) is 23.4 Å². The molecule has 0 unspecified atom stereocenters. The SMILES string of the molecule is CC[C@@]1(CCl)O[C@@H](n2cnc3c(NC)nc(NC(=O)C(C)C)nc32)[C@H](F)[C@@H]1C. The number of alkyl halides is 2. The molecule has 1 fully saturated rings. The molecule has 0 spiro atoms. The normalized spacial score (nSPS) is 27.5. The summed E-state index contributed by atoms with van der Waals surface area (Å²) in [6.45, 7) is 7.28. The highest BCUT2D eigenvalue weighted by Crippen LogP contribution is 2.46. The number of hydrogen-bond donors (Lipinski definition) is 2. The predicted octanol–water partition coefficient (Wildman–Crippen LogP) is 3.35. The van der Waals surface area contributed by atoms with Crippen molar-refractivity contribution in [3.8, 4) is 0 Å². The number of ether oxygens (including phenoxy) is 1. The maximum Gasteiger partial charge on any atom is 0.233 e. The summed E-state index contributed by atoms with van der Waals surface area (Å²) < 4.78 is 22.8. The fourth-order valence-electron chi connectivity index (χ4n) is 3.40. The van der Waals surface area contributed by atoms with Crippen LogP contribution in [0.15, 0.2) is 6.33 Å². The fourth-order valence-corrected chi connectivity index (χ4v) is 3.90. The largest absolute Gasteiger partial charge is 0.371 e. The summed E-state index contributed by atoms with van der Waals surface area (Å²) in [5, 5.41) is 5.62. The third-order valence-corrected chi connectivity index (χ3v) is 5.90. The number of nitrogens with one attached hydrogen (secondary N) is 2. The minimum atomic E-state index is -1.28. The molecular formula is C18H26ClFN6O2. The van der Waals surface area contributed by atoms with E-state index in [2.05, 4.69) is 25.6 Å². The lowest BCUT2D eigenvalue weighted by Gasteiger charge is -2.29. The van der Waals surface area contributed by atoms with E-state index in [9.17, 15) is 4.79 Å². The molecule has 0 aromatic carbocycles. The molecule has 28 heavy (non-hydrogen) atoms. The molecule has 2 N–H and O–H groups in total. The number of anilines is 2. The smallest absolute Gasteiger partial charge is 0.233 e. The number of rotatable bonds is 6. The molecule has 0 radical (unpaired) electrons. The molecule has 1 aliphatic heterocycles. The Morgan fingerprint density at radius 3 is 2.71 bits per heavy atom. The molecule has 2 aromatic heterocycles. The summed E-state index contributed by atoms with van der Waals surface area (Å²) in [5.41, 5.74) is 0.0867. The van der Waals surface area contributed by atoms with Crippen LogP contribution in [0, 0.1) is 11.8 Å². The molecule has 4 atom stereocenters. The van der Waals surface area contributed by atoms with Gasteiger partial charge in [0.2, 0.25) is 11.9 Å². The Kier molecular flexibility index (Phi) is 5.77. The lowest BCUT2D eigenvalue weighted by Crippen LogP contribution is -2.37. The number of fused-ring (bicyclic) bond motifs is 1. The van der Waals surface area contributed by atoms with E-state index in [4.69, 9.17) is 16.3 Å². The number of hydrogen-bond acceptors (Lipinski definition) is 6. The van der Waals surface area contributed by atoms with Gasteiger partial charge in [0.1, 0.15) is 0 Å². The average molecular weight is 413 g/mol. The third-order valence-electron chi connectivity index (χ3n) is 5.45. The van der Waals surface area contributed by atoms with Crippen LogP contribution < -0.4 is 10.6 Å². The highest BCUT2D eigenvalue weighted by molar-refractivity contribution is 6.18. The number of carbonyl (C=O) groups is 1. The van der Waals surface area contributed by atoms with Crippen LogP contribution in [0.4, 0.5) is 16.2 Å². The van der Waals surface area contributed by atoms with E-state index < -0.39 is 18.0 Å². The van der Waals surface area contributed by atoms with Gasteiger partial charge in [0, 0.05) is 18.9 Å². The highest BCUT2D eigenvalue weighted by atomic mass is 35.5. The van der Waals surface area contributed by atoms with Crippen molar-refractivity contribution in [3.05, 3.63) is 6.33 Å². The Bertz CT molecular complexity index is 869. The quantitative estimate of drug-likeness (QED) is 0.706. The number of imidazole rings is 1. The second-order valence-corrected chi connectivity index (χ2v) is 7.67. The number of amides is 1. The fraction of sp³-hybridized carbons (Fsp3) is 0.667. The van der Waals surface area contributed by atoms with E-state index in [1.807, 2.05) is 6.92 Å². The van der Waals surface area contributed by atoms with Crippen molar-refractivity contribution in [3.63, 3.8) is 0 Å². The van der Waals surface area contributed by atoms with Crippen LogP contribution in [0.25, 0.3) is 11.2 Å². The molecule has 3 rings (SSSR count). The van der Waals surface area contributed by atoms with E-state index in [1.54, 1.807) is 32.4 Å². The molecule has 10 heteroatoms. The first-order valence-corrected chi connectivity index (χ1v) is 9.92. The lowest BCUT2D eigenvalue weighted by molar-refractivity contribution is -0.118. The molecule has 3 heterocycles. The zero-order chi connectivity index (χ0) is 20.6. The molecule has 2 aromatic rings. The van der Waals surface area contributed by atoms with E-state index >= 15 is 4.39 Å². The maximum atomic E-state index is 15.2. The van der Waals surface area contributed by atoms with Crippen molar-refractivity contribution in [2.45, 2.75) is 52.1 Å². The Labute approximate surface area is 168 Å². The van der Waals surface area contributed by atoms with Gasteiger partial charge in [-0.25, -0.2) is 9.37 Å². The molecule has 8 nitrogen and oxygen atoms in total. The zero-order valence-electron chi connectivity index (χ0n) is 16.7.